The third-order valence-corrected chi connectivity index (χ3v) is 2.60. The molecule has 0 saturated heterocycles. The first-order valence-electron chi connectivity index (χ1n) is 5.89. The summed E-state index contributed by atoms with van der Waals surface area (Å²) in [5.41, 5.74) is 3.02. The molecule has 0 aliphatic rings. The molecule has 104 valence electrons. The molecule has 0 bridgehead atoms. The minimum atomic E-state index is -0.488. The molecular weight excluding hydrogens is 262 g/mol. The lowest BCUT2D eigenvalue weighted by Crippen LogP contribution is -2.10. The van der Waals surface area contributed by atoms with Gasteiger partial charge in [-0.2, -0.15) is 4.98 Å². The molecule has 3 N–H and O–H groups in total. The van der Waals surface area contributed by atoms with Gasteiger partial charge in [0.2, 0.25) is 17.6 Å². The van der Waals surface area contributed by atoms with Crippen LogP contribution in [0.5, 0.6) is 11.6 Å². The Balaban J connectivity index is 2.34. The lowest BCUT2D eigenvalue weighted by molar-refractivity contribution is -0.385. The van der Waals surface area contributed by atoms with E-state index >= 15 is 0 Å². The summed E-state index contributed by atoms with van der Waals surface area (Å²) in [4.78, 5) is 18.3. The third-order valence-electron chi connectivity index (χ3n) is 2.60. The van der Waals surface area contributed by atoms with Crippen molar-refractivity contribution in [3.05, 3.63) is 46.1 Å². The maximum absolute atomic E-state index is 11.1. The number of aromatic nitrogens is 2. The zero-order valence-electron chi connectivity index (χ0n) is 10.7. The van der Waals surface area contributed by atoms with E-state index in [9.17, 15) is 10.1 Å². The summed E-state index contributed by atoms with van der Waals surface area (Å²) in [7, 11) is 0. The van der Waals surface area contributed by atoms with Crippen LogP contribution in [0.15, 0.2) is 30.5 Å². The molecule has 20 heavy (non-hydrogen) atoms. The molecule has 2 rings (SSSR count). The molecule has 8 nitrogen and oxygen atoms in total. The first kappa shape index (κ1) is 13.7. The predicted molar refractivity (Wildman–Crippen MR) is 72.4 cm³/mol. The quantitative estimate of drug-likeness (QED) is 0.487. The van der Waals surface area contributed by atoms with E-state index in [2.05, 4.69) is 15.4 Å². The number of nitro benzene ring substituents is 1. The summed E-state index contributed by atoms with van der Waals surface area (Å²) < 4.78 is 5.42. The van der Waals surface area contributed by atoms with Crippen molar-refractivity contribution in [2.75, 3.05) is 5.43 Å². The summed E-state index contributed by atoms with van der Waals surface area (Å²) in [5, 5.41) is 11.1. The van der Waals surface area contributed by atoms with Crippen LogP contribution in [0.4, 0.5) is 11.6 Å². The molecule has 0 atom stereocenters. The molecular formula is C12H13N5O3. The van der Waals surface area contributed by atoms with E-state index in [0.29, 0.717) is 6.42 Å². The number of nitrogens with one attached hydrogen (secondary N) is 1. The fourth-order valence-corrected chi connectivity index (χ4v) is 1.59. The van der Waals surface area contributed by atoms with Crippen molar-refractivity contribution in [3.63, 3.8) is 0 Å². The van der Waals surface area contributed by atoms with Gasteiger partial charge in [0, 0.05) is 18.3 Å². The van der Waals surface area contributed by atoms with E-state index in [1.54, 1.807) is 12.1 Å². The number of nitrogen functional groups attached to an aromatic ring is 1. The van der Waals surface area contributed by atoms with Gasteiger partial charge in [-0.3, -0.25) is 15.5 Å². The highest BCUT2D eigenvalue weighted by Crippen LogP contribution is 2.31. The van der Waals surface area contributed by atoms with Gasteiger partial charge in [-0.25, -0.2) is 10.8 Å². The molecule has 0 aliphatic heterocycles. The number of aryl methyl sites for hydroxylation is 1. The number of ether oxygens (including phenoxy) is 1. The van der Waals surface area contributed by atoms with Crippen molar-refractivity contribution in [1.82, 2.24) is 9.97 Å². The van der Waals surface area contributed by atoms with Crippen molar-refractivity contribution in [1.29, 1.82) is 0 Å². The molecule has 2 aromatic rings. The Morgan fingerprint density at radius 2 is 2.25 bits per heavy atom. The minimum Gasteiger partial charge on any atom is -0.432 e. The zero-order valence-corrected chi connectivity index (χ0v) is 10.7. The Bertz CT molecular complexity index is 632. The number of nitro groups is 1. The Hall–Kier alpha value is -2.74. The molecule has 0 amide bonds. The number of hydrogen-bond acceptors (Lipinski definition) is 7. The van der Waals surface area contributed by atoms with Gasteiger partial charge in [-0.1, -0.05) is 13.0 Å². The normalized spacial score (nSPS) is 10.1. The first-order valence-corrected chi connectivity index (χ1v) is 5.89. The largest absolute Gasteiger partial charge is 0.432 e. The molecule has 1 aromatic carbocycles. The second kappa shape index (κ2) is 5.93. The number of hydrogen-bond donors (Lipinski definition) is 2. The number of nitrogens with zero attached hydrogens (tertiary/aromatic N) is 3. The summed E-state index contributed by atoms with van der Waals surface area (Å²) in [6.07, 6.45) is 2.14. The fourth-order valence-electron chi connectivity index (χ4n) is 1.59. The zero-order chi connectivity index (χ0) is 14.5. The van der Waals surface area contributed by atoms with E-state index in [1.165, 1.54) is 18.3 Å². The second-order valence-corrected chi connectivity index (χ2v) is 3.88. The van der Waals surface area contributed by atoms with Gasteiger partial charge in [0.15, 0.2) is 0 Å². The van der Waals surface area contributed by atoms with Crippen LogP contribution in [0.1, 0.15) is 12.5 Å². The van der Waals surface area contributed by atoms with Crippen LogP contribution in [-0.2, 0) is 6.42 Å². The van der Waals surface area contributed by atoms with E-state index in [0.717, 1.165) is 5.56 Å². The van der Waals surface area contributed by atoms with Crippen LogP contribution in [-0.4, -0.2) is 14.9 Å². The highest BCUT2D eigenvalue weighted by Gasteiger charge is 2.17. The van der Waals surface area contributed by atoms with Crippen LogP contribution in [0.3, 0.4) is 0 Å². The van der Waals surface area contributed by atoms with Crippen LogP contribution in [0, 0.1) is 10.1 Å². The topological polar surface area (TPSA) is 116 Å². The average Bonchev–Trinajstić information content (AvgIpc) is 2.47. The number of nitrogens with two attached hydrogens (primary N) is 1. The van der Waals surface area contributed by atoms with E-state index in [1.807, 2.05) is 6.92 Å². The summed E-state index contributed by atoms with van der Waals surface area (Å²) in [6, 6.07) is 6.29. The van der Waals surface area contributed by atoms with Crippen LogP contribution >= 0.6 is 0 Å². The summed E-state index contributed by atoms with van der Waals surface area (Å²) in [5.74, 6) is 5.64. The lowest BCUT2D eigenvalue weighted by atomic mass is 10.1. The molecule has 0 aliphatic carbocycles. The van der Waals surface area contributed by atoms with Gasteiger partial charge in [0.05, 0.1) is 4.92 Å². The van der Waals surface area contributed by atoms with Crippen molar-refractivity contribution in [3.8, 4) is 11.6 Å². The molecule has 1 heterocycles. The van der Waals surface area contributed by atoms with Gasteiger partial charge >= 0.3 is 5.69 Å². The smallest absolute Gasteiger partial charge is 0.311 e. The van der Waals surface area contributed by atoms with Gasteiger partial charge < -0.3 is 4.74 Å². The van der Waals surface area contributed by atoms with Gasteiger partial charge in [0.1, 0.15) is 0 Å². The molecule has 8 heteroatoms. The first-order chi connectivity index (χ1) is 9.63. The maximum atomic E-state index is 11.1. The number of rotatable bonds is 5. The van der Waals surface area contributed by atoms with E-state index < -0.39 is 4.92 Å². The molecule has 0 unspecified atom stereocenters. The van der Waals surface area contributed by atoms with Crippen LogP contribution in [0.25, 0.3) is 0 Å². The van der Waals surface area contributed by atoms with Crippen molar-refractivity contribution in [2.45, 2.75) is 13.3 Å². The highest BCUT2D eigenvalue weighted by molar-refractivity contribution is 5.50. The van der Waals surface area contributed by atoms with Crippen LogP contribution < -0.4 is 16.0 Å². The van der Waals surface area contributed by atoms with E-state index in [4.69, 9.17) is 10.6 Å². The predicted octanol–water partition coefficient (Wildman–Crippen LogP) is 2.03. The van der Waals surface area contributed by atoms with Gasteiger partial charge in [-0.05, 0) is 18.1 Å². The molecule has 1 aromatic heterocycles. The van der Waals surface area contributed by atoms with E-state index in [-0.39, 0.29) is 23.3 Å². The second-order valence-electron chi connectivity index (χ2n) is 3.88. The molecule has 0 fully saturated rings. The Labute approximate surface area is 114 Å². The van der Waals surface area contributed by atoms with Crippen molar-refractivity contribution in [2.24, 2.45) is 5.84 Å². The third kappa shape index (κ3) is 2.98. The van der Waals surface area contributed by atoms with Crippen molar-refractivity contribution < 1.29 is 9.66 Å². The molecule has 0 radical (unpaired) electrons. The summed E-state index contributed by atoms with van der Waals surface area (Å²) >= 11 is 0. The standard InChI is InChI=1S/C12H13N5O3/c1-2-8-3-4-10(9(7-8)17(18)19)20-11-5-6-14-12(15-11)16-13/h3-7H,2,13H2,1H3,(H,14,15,16). The SMILES string of the molecule is CCc1ccc(Oc2ccnc(NN)n2)c([N+](=O)[O-])c1. The van der Waals surface area contributed by atoms with Crippen molar-refractivity contribution >= 4 is 11.6 Å². The fraction of sp³-hybridized carbons (Fsp3) is 0.167. The number of anilines is 1. The summed E-state index contributed by atoms with van der Waals surface area (Å²) in [6.45, 7) is 1.92. The number of hydrazine groups is 1. The Morgan fingerprint density at radius 1 is 1.45 bits per heavy atom. The Kier molecular flexibility index (Phi) is 4.06. The number of benzene rings is 1. The highest BCUT2D eigenvalue weighted by atomic mass is 16.6. The molecule has 0 spiro atoms. The lowest BCUT2D eigenvalue weighted by Gasteiger charge is -2.07. The average molecular weight is 275 g/mol. The molecule has 0 saturated carbocycles. The van der Waals surface area contributed by atoms with Gasteiger partial charge in [0.25, 0.3) is 0 Å². The monoisotopic (exact) mass is 275 g/mol. The minimum absolute atomic E-state index is 0.106. The maximum Gasteiger partial charge on any atom is 0.311 e. The van der Waals surface area contributed by atoms with Gasteiger partial charge in [-0.15, -0.1) is 0 Å². The Morgan fingerprint density at radius 3 is 2.90 bits per heavy atom. The van der Waals surface area contributed by atoms with Crippen LogP contribution in [0.2, 0.25) is 0 Å².